The lowest BCUT2D eigenvalue weighted by Gasteiger charge is -2.24. The molecule has 136 valence electrons. The van der Waals surface area contributed by atoms with Gasteiger partial charge in [-0.25, -0.2) is 0 Å². The molecule has 1 atom stereocenters. The van der Waals surface area contributed by atoms with Crippen LogP contribution in [0.25, 0.3) is 5.65 Å². The Morgan fingerprint density at radius 3 is 3.16 bits per heavy atom. The standard InChI is InChI=1S/C18H28N6O/c1-3-19-18(23(2)13-15-9-12-25-14-15)20-10-6-8-17-22-21-16-7-4-5-11-24(16)17/h4-5,7,11,15H,3,6,8-10,12-14H2,1-2H3,(H,19,20). The van der Waals surface area contributed by atoms with Crippen LogP contribution in [0.2, 0.25) is 0 Å². The van der Waals surface area contributed by atoms with Crippen molar-refractivity contribution in [1.29, 1.82) is 0 Å². The number of aliphatic imine (C=N–C) groups is 1. The average molecular weight is 344 g/mol. The van der Waals surface area contributed by atoms with Crippen LogP contribution in [0.5, 0.6) is 0 Å². The number of aryl methyl sites for hydroxylation is 1. The van der Waals surface area contributed by atoms with Gasteiger partial charge in [-0.15, -0.1) is 10.2 Å². The minimum Gasteiger partial charge on any atom is -0.381 e. The van der Waals surface area contributed by atoms with Gasteiger partial charge in [-0.1, -0.05) is 6.07 Å². The van der Waals surface area contributed by atoms with Crippen molar-refractivity contribution in [3.63, 3.8) is 0 Å². The molecule has 0 spiro atoms. The van der Waals surface area contributed by atoms with Crippen molar-refractivity contribution in [3.8, 4) is 0 Å². The van der Waals surface area contributed by atoms with E-state index in [0.717, 1.165) is 69.5 Å². The Morgan fingerprint density at radius 2 is 2.36 bits per heavy atom. The first-order valence-corrected chi connectivity index (χ1v) is 9.13. The molecule has 7 heteroatoms. The zero-order valence-electron chi connectivity index (χ0n) is 15.2. The monoisotopic (exact) mass is 344 g/mol. The van der Waals surface area contributed by atoms with E-state index in [1.165, 1.54) is 0 Å². The fourth-order valence-electron chi connectivity index (χ4n) is 3.15. The van der Waals surface area contributed by atoms with E-state index >= 15 is 0 Å². The largest absolute Gasteiger partial charge is 0.381 e. The summed E-state index contributed by atoms with van der Waals surface area (Å²) in [6.45, 7) is 6.49. The van der Waals surface area contributed by atoms with Crippen molar-refractivity contribution < 1.29 is 4.74 Å². The van der Waals surface area contributed by atoms with E-state index in [4.69, 9.17) is 9.73 Å². The molecule has 0 bridgehead atoms. The second-order valence-corrected chi connectivity index (χ2v) is 6.49. The molecular weight excluding hydrogens is 316 g/mol. The van der Waals surface area contributed by atoms with Crippen molar-refractivity contribution in [1.82, 2.24) is 24.8 Å². The molecule has 2 aromatic heterocycles. The Kier molecular flexibility index (Phi) is 6.22. The Balaban J connectivity index is 1.52. The van der Waals surface area contributed by atoms with Crippen LogP contribution in [0.3, 0.4) is 0 Å². The molecule has 1 N–H and O–H groups in total. The van der Waals surface area contributed by atoms with E-state index in [1.807, 2.05) is 28.8 Å². The third-order valence-electron chi connectivity index (χ3n) is 4.46. The molecule has 0 aromatic carbocycles. The zero-order valence-corrected chi connectivity index (χ0v) is 15.2. The molecule has 0 radical (unpaired) electrons. The number of guanidine groups is 1. The maximum atomic E-state index is 5.47. The molecule has 3 heterocycles. The normalized spacial score (nSPS) is 18.0. The molecule has 0 amide bonds. The maximum Gasteiger partial charge on any atom is 0.193 e. The lowest BCUT2D eigenvalue weighted by Crippen LogP contribution is -2.41. The minimum atomic E-state index is 0.608. The molecule has 1 saturated heterocycles. The van der Waals surface area contributed by atoms with Gasteiger partial charge in [0.2, 0.25) is 0 Å². The second kappa shape index (κ2) is 8.80. The molecule has 0 aliphatic carbocycles. The zero-order chi connectivity index (χ0) is 17.5. The number of pyridine rings is 1. The number of rotatable bonds is 7. The van der Waals surface area contributed by atoms with Gasteiger partial charge in [-0.3, -0.25) is 9.39 Å². The van der Waals surface area contributed by atoms with Crippen LogP contribution in [0.15, 0.2) is 29.4 Å². The van der Waals surface area contributed by atoms with Crippen LogP contribution in [0, 0.1) is 5.92 Å². The van der Waals surface area contributed by atoms with E-state index < -0.39 is 0 Å². The van der Waals surface area contributed by atoms with Gasteiger partial charge in [0.15, 0.2) is 11.6 Å². The summed E-state index contributed by atoms with van der Waals surface area (Å²) in [7, 11) is 2.10. The van der Waals surface area contributed by atoms with Crippen LogP contribution in [0.1, 0.15) is 25.6 Å². The third-order valence-corrected chi connectivity index (χ3v) is 4.46. The van der Waals surface area contributed by atoms with Crippen LogP contribution >= 0.6 is 0 Å². The summed E-state index contributed by atoms with van der Waals surface area (Å²) in [6, 6.07) is 5.95. The molecule has 0 saturated carbocycles. The highest BCUT2D eigenvalue weighted by Crippen LogP contribution is 2.13. The van der Waals surface area contributed by atoms with E-state index in [1.54, 1.807) is 0 Å². The van der Waals surface area contributed by atoms with Gasteiger partial charge in [0.1, 0.15) is 5.82 Å². The Labute approximate surface area is 149 Å². The highest BCUT2D eigenvalue weighted by atomic mass is 16.5. The van der Waals surface area contributed by atoms with Gasteiger partial charge in [0, 0.05) is 51.8 Å². The van der Waals surface area contributed by atoms with Gasteiger partial charge in [0.05, 0.1) is 6.61 Å². The Morgan fingerprint density at radius 1 is 1.44 bits per heavy atom. The van der Waals surface area contributed by atoms with E-state index in [0.29, 0.717) is 5.92 Å². The molecule has 1 aliphatic rings. The van der Waals surface area contributed by atoms with Gasteiger partial charge < -0.3 is 15.0 Å². The van der Waals surface area contributed by atoms with Crippen LogP contribution in [-0.2, 0) is 11.2 Å². The molecule has 1 aliphatic heterocycles. The molecule has 25 heavy (non-hydrogen) atoms. The van der Waals surface area contributed by atoms with Crippen molar-refractivity contribution in [2.45, 2.75) is 26.2 Å². The molecule has 7 nitrogen and oxygen atoms in total. The number of hydrogen-bond donors (Lipinski definition) is 1. The fraction of sp³-hybridized carbons (Fsp3) is 0.611. The summed E-state index contributed by atoms with van der Waals surface area (Å²) in [5, 5.41) is 11.9. The maximum absolute atomic E-state index is 5.47. The van der Waals surface area contributed by atoms with Crippen LogP contribution in [-0.4, -0.2) is 65.4 Å². The van der Waals surface area contributed by atoms with Gasteiger partial charge >= 0.3 is 0 Å². The Hall–Kier alpha value is -2.15. The molecular formula is C18H28N6O. The summed E-state index contributed by atoms with van der Waals surface area (Å²) in [4.78, 5) is 6.99. The van der Waals surface area contributed by atoms with Crippen LogP contribution in [0.4, 0.5) is 0 Å². The van der Waals surface area contributed by atoms with E-state index in [9.17, 15) is 0 Å². The predicted molar refractivity (Wildman–Crippen MR) is 98.8 cm³/mol. The van der Waals surface area contributed by atoms with Crippen molar-refractivity contribution in [2.75, 3.05) is 39.9 Å². The average Bonchev–Trinajstić information content (AvgIpc) is 3.27. The summed E-state index contributed by atoms with van der Waals surface area (Å²) in [5.41, 5.74) is 0.896. The second-order valence-electron chi connectivity index (χ2n) is 6.49. The first-order valence-electron chi connectivity index (χ1n) is 9.13. The van der Waals surface area contributed by atoms with Crippen molar-refractivity contribution >= 4 is 11.6 Å². The minimum absolute atomic E-state index is 0.608. The van der Waals surface area contributed by atoms with E-state index in [2.05, 4.69) is 34.4 Å². The SMILES string of the molecule is CCNC(=NCCCc1nnc2ccccn12)N(C)CC1CCOC1. The number of hydrogen-bond acceptors (Lipinski definition) is 4. The lowest BCUT2D eigenvalue weighted by atomic mass is 10.1. The quantitative estimate of drug-likeness (QED) is 0.469. The highest BCUT2D eigenvalue weighted by molar-refractivity contribution is 5.79. The topological polar surface area (TPSA) is 67.0 Å². The number of nitrogens with zero attached hydrogens (tertiary/aromatic N) is 5. The molecule has 3 rings (SSSR count). The molecule has 1 fully saturated rings. The van der Waals surface area contributed by atoms with Crippen LogP contribution < -0.4 is 5.32 Å². The number of ether oxygens (including phenoxy) is 1. The van der Waals surface area contributed by atoms with Crippen molar-refractivity contribution in [3.05, 3.63) is 30.2 Å². The lowest BCUT2D eigenvalue weighted by molar-refractivity contribution is 0.181. The third kappa shape index (κ3) is 4.69. The van der Waals surface area contributed by atoms with Gasteiger partial charge in [0.25, 0.3) is 0 Å². The molecule has 1 unspecified atom stereocenters. The summed E-state index contributed by atoms with van der Waals surface area (Å²) < 4.78 is 7.51. The Bertz CT molecular complexity index is 692. The summed E-state index contributed by atoms with van der Waals surface area (Å²) in [5.74, 6) is 2.57. The summed E-state index contributed by atoms with van der Waals surface area (Å²) >= 11 is 0. The molecule has 2 aromatic rings. The van der Waals surface area contributed by atoms with E-state index in [-0.39, 0.29) is 0 Å². The number of nitrogens with one attached hydrogen (secondary N) is 1. The van der Waals surface area contributed by atoms with Gasteiger partial charge in [-0.2, -0.15) is 0 Å². The highest BCUT2D eigenvalue weighted by Gasteiger charge is 2.19. The predicted octanol–water partition coefficient (Wildman–Crippen LogP) is 1.60. The smallest absolute Gasteiger partial charge is 0.193 e. The number of fused-ring (bicyclic) bond motifs is 1. The van der Waals surface area contributed by atoms with Crippen molar-refractivity contribution in [2.24, 2.45) is 10.9 Å². The number of aromatic nitrogens is 3. The first-order chi connectivity index (χ1) is 12.3. The first kappa shape index (κ1) is 17.7. The summed E-state index contributed by atoms with van der Waals surface area (Å²) in [6.07, 6.45) is 4.97. The fourth-order valence-corrected chi connectivity index (χ4v) is 3.15. The van der Waals surface area contributed by atoms with Gasteiger partial charge in [-0.05, 0) is 31.9 Å².